The van der Waals surface area contributed by atoms with Crippen LogP contribution < -0.4 is 16.8 Å². The Labute approximate surface area is 138 Å². The number of unbranched alkanes of at least 4 members (excludes halogenated alkanes) is 1. The van der Waals surface area contributed by atoms with E-state index in [-0.39, 0.29) is 16.7 Å². The minimum atomic E-state index is -0.299. The van der Waals surface area contributed by atoms with Crippen molar-refractivity contribution in [1.29, 1.82) is 0 Å². The van der Waals surface area contributed by atoms with E-state index >= 15 is 0 Å². The molecule has 130 valence electrons. The van der Waals surface area contributed by atoms with Gasteiger partial charge in [-0.1, -0.05) is 13.3 Å². The van der Waals surface area contributed by atoms with Crippen LogP contribution in [0.3, 0.4) is 0 Å². The smallest absolute Gasteiger partial charge is 0.221 e. The van der Waals surface area contributed by atoms with Crippen LogP contribution in [0.2, 0.25) is 0 Å². The summed E-state index contributed by atoms with van der Waals surface area (Å²) >= 11 is 1.62. The van der Waals surface area contributed by atoms with Crippen molar-refractivity contribution in [1.82, 2.24) is 10.2 Å². The first kappa shape index (κ1) is 21.2. The second kappa shape index (κ2) is 11.7. The van der Waals surface area contributed by atoms with Crippen molar-refractivity contribution >= 4 is 23.6 Å². The Hall–Kier alpha value is -0.790. The van der Waals surface area contributed by atoms with Crippen molar-refractivity contribution < 1.29 is 9.59 Å². The first-order chi connectivity index (χ1) is 10.2. The zero-order chi connectivity index (χ0) is 17.0. The normalized spacial score (nSPS) is 11.7. The van der Waals surface area contributed by atoms with Gasteiger partial charge >= 0.3 is 0 Å². The molecule has 0 aliphatic rings. The quantitative estimate of drug-likeness (QED) is 0.343. The Morgan fingerprint density at radius 2 is 1.82 bits per heavy atom. The standard InChI is InChI=1S/C15H32N4O2S/c1-4-5-9-19(10-6-13(16)20)11-7-14(21)18-8-12-22-15(2,3)17/h4-12,17H2,1-3H3,(H2,16,20)(H,18,21). The lowest BCUT2D eigenvalue weighted by molar-refractivity contribution is -0.121. The average Bonchev–Trinajstić information content (AvgIpc) is 2.41. The van der Waals surface area contributed by atoms with Crippen molar-refractivity contribution in [2.45, 2.75) is 51.3 Å². The molecule has 0 rings (SSSR count). The van der Waals surface area contributed by atoms with Gasteiger partial charge in [-0.05, 0) is 26.8 Å². The van der Waals surface area contributed by atoms with Gasteiger partial charge < -0.3 is 21.7 Å². The fourth-order valence-corrected chi connectivity index (χ4v) is 2.57. The van der Waals surface area contributed by atoms with Crippen molar-refractivity contribution in [2.75, 3.05) is 31.9 Å². The highest BCUT2D eigenvalue weighted by atomic mass is 32.2. The molecule has 0 spiro atoms. The van der Waals surface area contributed by atoms with Gasteiger partial charge in [0, 0.05) is 38.2 Å². The summed E-state index contributed by atoms with van der Waals surface area (Å²) < 4.78 is 0. The van der Waals surface area contributed by atoms with Gasteiger partial charge in [0.25, 0.3) is 0 Å². The van der Waals surface area contributed by atoms with E-state index in [0.717, 1.165) is 25.1 Å². The number of carbonyl (C=O) groups is 2. The van der Waals surface area contributed by atoms with Gasteiger partial charge in [0.1, 0.15) is 0 Å². The molecule has 0 radical (unpaired) electrons. The second-order valence-electron chi connectivity index (χ2n) is 5.96. The van der Waals surface area contributed by atoms with Crippen molar-refractivity contribution in [3.8, 4) is 0 Å². The van der Waals surface area contributed by atoms with Crippen molar-refractivity contribution in [2.24, 2.45) is 11.5 Å². The maximum atomic E-state index is 11.8. The number of nitrogens with zero attached hydrogens (tertiary/aromatic N) is 1. The Balaban J connectivity index is 3.91. The SMILES string of the molecule is CCCCN(CCC(N)=O)CCC(=O)NCCSC(C)(C)N. The van der Waals surface area contributed by atoms with Gasteiger partial charge in [-0.3, -0.25) is 9.59 Å². The molecule has 0 fully saturated rings. The molecule has 0 bridgehead atoms. The molecule has 0 aliphatic carbocycles. The van der Waals surface area contributed by atoms with E-state index in [1.807, 2.05) is 13.8 Å². The molecule has 0 saturated carbocycles. The third-order valence-electron chi connectivity index (χ3n) is 3.06. The number of hydrogen-bond donors (Lipinski definition) is 3. The molecule has 0 aromatic rings. The van der Waals surface area contributed by atoms with Gasteiger partial charge in [-0.25, -0.2) is 0 Å². The number of hydrogen-bond acceptors (Lipinski definition) is 5. The molecule has 7 heteroatoms. The minimum Gasteiger partial charge on any atom is -0.370 e. The number of nitrogens with two attached hydrogens (primary N) is 2. The summed E-state index contributed by atoms with van der Waals surface area (Å²) in [7, 11) is 0. The van der Waals surface area contributed by atoms with Crippen LogP contribution in [0.5, 0.6) is 0 Å². The summed E-state index contributed by atoms with van der Waals surface area (Å²) in [4.78, 5) is 24.6. The molecule has 0 heterocycles. The molecular formula is C15H32N4O2S. The Morgan fingerprint density at radius 1 is 1.18 bits per heavy atom. The average molecular weight is 333 g/mol. The van der Waals surface area contributed by atoms with Crippen LogP contribution >= 0.6 is 11.8 Å². The van der Waals surface area contributed by atoms with Crippen LogP contribution in [0, 0.1) is 0 Å². The third-order valence-corrected chi connectivity index (χ3v) is 4.21. The second-order valence-corrected chi connectivity index (χ2v) is 7.71. The van der Waals surface area contributed by atoms with Crippen LogP contribution in [0.25, 0.3) is 0 Å². The lowest BCUT2D eigenvalue weighted by Gasteiger charge is -2.21. The molecular weight excluding hydrogens is 300 g/mol. The highest BCUT2D eigenvalue weighted by Crippen LogP contribution is 2.16. The summed E-state index contributed by atoms with van der Waals surface area (Å²) in [6, 6.07) is 0. The van der Waals surface area contributed by atoms with E-state index in [9.17, 15) is 9.59 Å². The zero-order valence-electron chi connectivity index (χ0n) is 14.2. The van der Waals surface area contributed by atoms with Crippen molar-refractivity contribution in [3.63, 3.8) is 0 Å². The summed E-state index contributed by atoms with van der Waals surface area (Å²) in [5, 5.41) is 2.90. The van der Waals surface area contributed by atoms with Crippen LogP contribution in [0.1, 0.15) is 46.5 Å². The number of thioether (sulfide) groups is 1. The monoisotopic (exact) mass is 332 g/mol. The van der Waals surface area contributed by atoms with E-state index in [0.29, 0.717) is 32.5 Å². The van der Waals surface area contributed by atoms with E-state index < -0.39 is 0 Å². The first-order valence-electron chi connectivity index (χ1n) is 7.94. The lowest BCUT2D eigenvalue weighted by atomic mass is 10.2. The molecule has 0 aromatic carbocycles. The molecule has 0 aromatic heterocycles. The molecule has 0 atom stereocenters. The fourth-order valence-electron chi connectivity index (χ4n) is 1.84. The molecule has 0 saturated heterocycles. The summed E-state index contributed by atoms with van der Waals surface area (Å²) in [6.07, 6.45) is 2.93. The lowest BCUT2D eigenvalue weighted by Crippen LogP contribution is -2.35. The maximum absolute atomic E-state index is 11.8. The van der Waals surface area contributed by atoms with E-state index in [4.69, 9.17) is 11.5 Å². The largest absolute Gasteiger partial charge is 0.370 e. The van der Waals surface area contributed by atoms with E-state index in [1.54, 1.807) is 11.8 Å². The molecule has 0 unspecified atom stereocenters. The zero-order valence-corrected chi connectivity index (χ0v) is 15.0. The van der Waals surface area contributed by atoms with E-state index in [1.165, 1.54) is 0 Å². The van der Waals surface area contributed by atoms with Gasteiger partial charge in [0.2, 0.25) is 11.8 Å². The number of carbonyl (C=O) groups excluding carboxylic acids is 2. The number of amides is 2. The van der Waals surface area contributed by atoms with Gasteiger partial charge in [0.05, 0.1) is 4.87 Å². The summed E-state index contributed by atoms with van der Waals surface area (Å²) in [6.45, 7) is 8.83. The Bertz CT molecular complexity index is 332. The first-order valence-corrected chi connectivity index (χ1v) is 8.93. The molecule has 22 heavy (non-hydrogen) atoms. The topological polar surface area (TPSA) is 101 Å². The predicted molar refractivity (Wildman–Crippen MR) is 93.5 cm³/mol. The minimum absolute atomic E-state index is 0.0380. The van der Waals surface area contributed by atoms with Crippen LogP contribution in [0.4, 0.5) is 0 Å². The van der Waals surface area contributed by atoms with Crippen molar-refractivity contribution in [3.05, 3.63) is 0 Å². The molecule has 6 nitrogen and oxygen atoms in total. The molecule has 0 aliphatic heterocycles. The Kier molecular flexibility index (Phi) is 11.3. The summed E-state index contributed by atoms with van der Waals surface area (Å²) in [5.41, 5.74) is 11.0. The number of rotatable bonds is 13. The molecule has 2 amide bonds. The van der Waals surface area contributed by atoms with E-state index in [2.05, 4.69) is 17.1 Å². The molecule has 5 N–H and O–H groups in total. The number of primary amides is 1. The highest BCUT2D eigenvalue weighted by molar-refractivity contribution is 8.00. The third kappa shape index (κ3) is 14.2. The van der Waals surface area contributed by atoms with Gasteiger partial charge in [-0.15, -0.1) is 11.8 Å². The van der Waals surface area contributed by atoms with Gasteiger partial charge in [-0.2, -0.15) is 0 Å². The maximum Gasteiger partial charge on any atom is 0.221 e. The number of nitrogens with one attached hydrogen (secondary N) is 1. The van der Waals surface area contributed by atoms with Gasteiger partial charge in [0.15, 0.2) is 0 Å². The Morgan fingerprint density at radius 3 is 2.36 bits per heavy atom. The van der Waals surface area contributed by atoms with Crippen LogP contribution in [-0.2, 0) is 9.59 Å². The highest BCUT2D eigenvalue weighted by Gasteiger charge is 2.11. The summed E-state index contributed by atoms with van der Waals surface area (Å²) in [5.74, 6) is 0.541. The predicted octanol–water partition coefficient (Wildman–Crippen LogP) is 0.898. The van der Waals surface area contributed by atoms with Crippen LogP contribution in [0.15, 0.2) is 0 Å². The fraction of sp³-hybridized carbons (Fsp3) is 0.867. The van der Waals surface area contributed by atoms with Crippen LogP contribution in [-0.4, -0.2) is 53.5 Å².